The fourth-order valence-electron chi connectivity index (χ4n) is 1.71. The van der Waals surface area contributed by atoms with Crippen molar-refractivity contribution in [3.63, 3.8) is 0 Å². The molecule has 0 atom stereocenters. The maximum Gasteiger partial charge on any atom is 0.271 e. The largest absolute Gasteiger partial charge is 0.489 e. The molecule has 0 aliphatic rings. The molecule has 0 amide bonds. The molecule has 0 unspecified atom stereocenters. The maximum absolute atomic E-state index is 10.7. The number of rotatable bonds is 6. The normalized spacial score (nSPS) is 10.3. The Bertz CT molecular complexity index is 819. The number of hydrogen-bond donors (Lipinski definition) is 0. The molecule has 2 rings (SSSR count). The molecular weight excluding hydrogens is 524 g/mol. The van der Waals surface area contributed by atoms with Crippen LogP contribution in [0.1, 0.15) is 0 Å². The van der Waals surface area contributed by atoms with Gasteiger partial charge >= 0.3 is 0 Å². The summed E-state index contributed by atoms with van der Waals surface area (Å²) in [5.41, 5.74) is -0.149. The molecule has 0 saturated heterocycles. The zero-order valence-electron chi connectivity index (χ0n) is 12.1. The number of halogens is 5. The average molecular weight is 532 g/mol. The Hall–Kier alpha value is -0.990. The van der Waals surface area contributed by atoms with Crippen LogP contribution in [0.4, 0.5) is 5.69 Å². The second kappa shape index (κ2) is 9.09. The molecule has 2 aromatic rings. The molecule has 0 N–H and O–H groups in total. The first-order chi connectivity index (χ1) is 11.8. The number of nitro groups is 1. The van der Waals surface area contributed by atoms with Crippen LogP contribution < -0.4 is 9.47 Å². The van der Waals surface area contributed by atoms with Crippen molar-refractivity contribution in [3.05, 3.63) is 65.0 Å². The first kappa shape index (κ1) is 20.3. The summed E-state index contributed by atoms with van der Waals surface area (Å²) in [6.07, 6.45) is 1.75. The lowest BCUT2D eigenvalue weighted by atomic mass is 10.3. The fraction of sp³-hybridized carbons (Fsp3) is 0.0667. The third-order valence-corrected chi connectivity index (χ3v) is 4.30. The molecule has 0 fully saturated rings. The summed E-state index contributed by atoms with van der Waals surface area (Å²) in [5, 5.41) is 11.2. The van der Waals surface area contributed by atoms with Gasteiger partial charge in [-0.15, -0.1) is 0 Å². The molecule has 10 heteroatoms. The molecule has 0 saturated carbocycles. The highest BCUT2D eigenvalue weighted by molar-refractivity contribution is 9.28. The van der Waals surface area contributed by atoms with Crippen LogP contribution >= 0.6 is 66.7 Å². The Balaban J connectivity index is 2.23. The van der Waals surface area contributed by atoms with Crippen LogP contribution in [-0.2, 0) is 0 Å². The highest BCUT2D eigenvalue weighted by atomic mass is 79.9. The van der Waals surface area contributed by atoms with Crippen LogP contribution in [0.25, 0.3) is 0 Å². The summed E-state index contributed by atoms with van der Waals surface area (Å²) in [6.45, 7) is 0.298. The lowest BCUT2D eigenvalue weighted by molar-refractivity contribution is -0.384. The van der Waals surface area contributed by atoms with Gasteiger partial charge in [-0.2, -0.15) is 0 Å². The molecular formula is C15H8Br2Cl3NO4. The third-order valence-electron chi connectivity index (χ3n) is 2.80. The monoisotopic (exact) mass is 529 g/mol. The van der Waals surface area contributed by atoms with Gasteiger partial charge in [0.2, 0.25) is 0 Å². The minimum atomic E-state index is -0.554. The summed E-state index contributed by atoms with van der Waals surface area (Å²) in [7, 11) is 0. The van der Waals surface area contributed by atoms with Crippen LogP contribution in [0.2, 0.25) is 15.1 Å². The van der Waals surface area contributed by atoms with Crippen LogP contribution in [0.15, 0.2) is 39.8 Å². The molecule has 2 aromatic carbocycles. The molecule has 0 aliphatic carbocycles. The van der Waals surface area contributed by atoms with E-state index in [0.717, 1.165) is 3.39 Å². The van der Waals surface area contributed by atoms with E-state index in [4.69, 9.17) is 44.3 Å². The first-order valence-electron chi connectivity index (χ1n) is 6.52. The summed E-state index contributed by atoms with van der Waals surface area (Å²) < 4.78 is 11.8. The number of ether oxygens (including phenoxy) is 2. The van der Waals surface area contributed by atoms with Crippen molar-refractivity contribution < 1.29 is 14.4 Å². The lowest BCUT2D eigenvalue weighted by Gasteiger charge is -2.12. The highest BCUT2D eigenvalue weighted by Crippen LogP contribution is 2.41. The number of nitrogens with zero attached hydrogens (tertiary/aromatic N) is 1. The molecule has 5 nitrogen and oxygen atoms in total. The predicted octanol–water partition coefficient (Wildman–Crippen LogP) is 7.36. The van der Waals surface area contributed by atoms with Gasteiger partial charge in [0.15, 0.2) is 5.75 Å². The first-order valence-corrected chi connectivity index (χ1v) is 9.24. The highest BCUT2D eigenvalue weighted by Gasteiger charge is 2.15. The van der Waals surface area contributed by atoms with E-state index in [2.05, 4.69) is 31.9 Å². The second-order valence-corrected chi connectivity index (χ2v) is 8.49. The maximum atomic E-state index is 10.7. The Morgan fingerprint density at radius 1 is 1.12 bits per heavy atom. The number of nitro benzene ring substituents is 1. The minimum Gasteiger partial charge on any atom is -0.489 e. The molecule has 0 radical (unpaired) electrons. The number of non-ortho nitro benzene ring substituents is 1. The molecule has 25 heavy (non-hydrogen) atoms. The minimum absolute atomic E-state index is 0.0639. The Labute approximate surface area is 174 Å². The lowest BCUT2D eigenvalue weighted by Crippen LogP contribution is -1.95. The van der Waals surface area contributed by atoms with E-state index >= 15 is 0 Å². The summed E-state index contributed by atoms with van der Waals surface area (Å²) in [4.78, 5) is 10.2. The quantitative estimate of drug-likeness (QED) is 0.288. The zero-order valence-corrected chi connectivity index (χ0v) is 17.6. The standard InChI is InChI=1S/C15H8Br2Cl3NO4/c16-14(17)3-4-24-9-6-11(19)15(12(20)7-9)25-13-2-1-8(21(22)23)5-10(13)18/h1-3,5-7H,4H2. The van der Waals surface area contributed by atoms with Crippen LogP contribution in [0.5, 0.6) is 17.2 Å². The Morgan fingerprint density at radius 3 is 2.28 bits per heavy atom. The van der Waals surface area contributed by atoms with E-state index in [1.807, 2.05) is 0 Å². The van der Waals surface area contributed by atoms with Crippen LogP contribution in [0, 0.1) is 10.1 Å². The van der Waals surface area contributed by atoms with Gasteiger partial charge in [-0.05, 0) is 44.0 Å². The van der Waals surface area contributed by atoms with Crippen molar-refractivity contribution in [1.29, 1.82) is 0 Å². The third kappa shape index (κ3) is 5.76. The van der Waals surface area contributed by atoms with Crippen LogP contribution in [0.3, 0.4) is 0 Å². The van der Waals surface area contributed by atoms with Crippen molar-refractivity contribution in [3.8, 4) is 17.2 Å². The van der Waals surface area contributed by atoms with Crippen molar-refractivity contribution in [2.24, 2.45) is 0 Å². The summed E-state index contributed by atoms with van der Waals surface area (Å²) >= 11 is 24.8. The zero-order chi connectivity index (χ0) is 18.6. The van der Waals surface area contributed by atoms with Crippen LogP contribution in [-0.4, -0.2) is 11.5 Å². The molecule has 0 aromatic heterocycles. The van der Waals surface area contributed by atoms with Gasteiger partial charge in [-0.25, -0.2) is 0 Å². The summed E-state index contributed by atoms with van der Waals surface area (Å²) in [5.74, 6) is 0.814. The Morgan fingerprint density at radius 2 is 1.76 bits per heavy atom. The van der Waals surface area contributed by atoms with E-state index in [9.17, 15) is 10.1 Å². The van der Waals surface area contributed by atoms with Gasteiger partial charge in [-0.3, -0.25) is 10.1 Å². The van der Waals surface area contributed by atoms with Gasteiger partial charge < -0.3 is 9.47 Å². The SMILES string of the molecule is O=[N+]([O-])c1ccc(Oc2c(Cl)cc(OCC=C(Br)Br)cc2Cl)c(Cl)c1. The smallest absolute Gasteiger partial charge is 0.271 e. The topological polar surface area (TPSA) is 61.6 Å². The van der Waals surface area contributed by atoms with Crippen molar-refractivity contribution in [2.75, 3.05) is 6.61 Å². The van der Waals surface area contributed by atoms with Gasteiger partial charge in [0.25, 0.3) is 5.69 Å². The van der Waals surface area contributed by atoms with Crippen molar-refractivity contribution >= 4 is 72.4 Å². The van der Waals surface area contributed by atoms with Crippen molar-refractivity contribution in [2.45, 2.75) is 0 Å². The summed E-state index contributed by atoms with van der Waals surface area (Å²) in [6, 6.07) is 6.90. The molecule has 0 spiro atoms. The second-order valence-electron chi connectivity index (χ2n) is 4.49. The van der Waals surface area contributed by atoms with E-state index in [-0.39, 0.29) is 32.3 Å². The average Bonchev–Trinajstić information content (AvgIpc) is 2.51. The number of benzene rings is 2. The van der Waals surface area contributed by atoms with Gasteiger partial charge in [0, 0.05) is 24.3 Å². The van der Waals surface area contributed by atoms with Gasteiger partial charge in [-0.1, -0.05) is 34.8 Å². The van der Waals surface area contributed by atoms with E-state index in [1.165, 1.54) is 30.3 Å². The number of hydrogen-bond acceptors (Lipinski definition) is 4. The molecule has 132 valence electrons. The predicted molar refractivity (Wildman–Crippen MR) is 106 cm³/mol. The van der Waals surface area contributed by atoms with Gasteiger partial charge in [0.1, 0.15) is 18.1 Å². The molecule has 0 aliphatic heterocycles. The fourth-order valence-corrected chi connectivity index (χ4v) is 2.74. The van der Waals surface area contributed by atoms with E-state index in [1.54, 1.807) is 6.08 Å². The molecule has 0 bridgehead atoms. The molecule has 0 heterocycles. The van der Waals surface area contributed by atoms with Crippen molar-refractivity contribution in [1.82, 2.24) is 0 Å². The van der Waals surface area contributed by atoms with Gasteiger partial charge in [0.05, 0.1) is 23.4 Å². The Kier molecular flexibility index (Phi) is 7.39. The van der Waals surface area contributed by atoms with E-state index in [0.29, 0.717) is 12.4 Å². The van der Waals surface area contributed by atoms with E-state index < -0.39 is 4.92 Å².